The van der Waals surface area contributed by atoms with E-state index in [-0.39, 0.29) is 11.5 Å². The third kappa shape index (κ3) is 2.21. The van der Waals surface area contributed by atoms with Crippen molar-refractivity contribution in [2.45, 2.75) is 19.8 Å². The molecule has 3 aromatic rings. The molecule has 0 radical (unpaired) electrons. The molecule has 0 aliphatic carbocycles. The third-order valence-corrected chi connectivity index (χ3v) is 4.90. The predicted octanol–water partition coefficient (Wildman–Crippen LogP) is 4.54. The second-order valence-corrected chi connectivity index (χ2v) is 6.62. The first kappa shape index (κ1) is 13.5. The molecule has 1 aromatic carbocycles. The van der Waals surface area contributed by atoms with Crippen molar-refractivity contribution in [1.82, 2.24) is 9.97 Å². The van der Waals surface area contributed by atoms with Crippen LogP contribution in [0.15, 0.2) is 38.9 Å². The highest BCUT2D eigenvalue weighted by Gasteiger charge is 2.15. The molecule has 0 aliphatic heterocycles. The Morgan fingerprint density at radius 3 is 2.80 bits per heavy atom. The number of halogens is 1. The first-order chi connectivity index (χ1) is 9.58. The number of fused-ring (bicyclic) bond motifs is 1. The standard InChI is InChI=1S/C15H13BrN2OS/c1-8(2)13-12(16)15(19)18-14(17-13)10-7-20-11-6-4-3-5-9(10)11/h3-8H,1-2H3,(H,17,18,19). The summed E-state index contributed by atoms with van der Waals surface area (Å²) in [5, 5.41) is 3.17. The second kappa shape index (κ2) is 5.14. The van der Waals surface area contributed by atoms with Crippen LogP contribution in [0.25, 0.3) is 21.5 Å². The summed E-state index contributed by atoms with van der Waals surface area (Å²) in [5.74, 6) is 0.828. The Bertz CT molecular complexity index is 835. The van der Waals surface area contributed by atoms with Gasteiger partial charge in [0.15, 0.2) is 0 Å². The second-order valence-electron chi connectivity index (χ2n) is 4.91. The van der Waals surface area contributed by atoms with E-state index in [4.69, 9.17) is 0 Å². The zero-order valence-electron chi connectivity index (χ0n) is 11.1. The van der Waals surface area contributed by atoms with Crippen LogP contribution in [0.4, 0.5) is 0 Å². The molecule has 0 saturated heterocycles. The van der Waals surface area contributed by atoms with E-state index in [1.54, 1.807) is 11.3 Å². The molecule has 0 atom stereocenters. The van der Waals surface area contributed by atoms with E-state index in [0.717, 1.165) is 16.6 Å². The van der Waals surface area contributed by atoms with Gasteiger partial charge in [-0.3, -0.25) is 4.79 Å². The summed E-state index contributed by atoms with van der Waals surface area (Å²) in [6, 6.07) is 8.14. The number of hydrogen-bond donors (Lipinski definition) is 1. The number of thiophene rings is 1. The number of aromatic amines is 1. The molecule has 0 spiro atoms. The summed E-state index contributed by atoms with van der Waals surface area (Å²) in [4.78, 5) is 19.5. The largest absolute Gasteiger partial charge is 0.305 e. The quantitative estimate of drug-likeness (QED) is 0.738. The van der Waals surface area contributed by atoms with Crippen LogP contribution in [0.1, 0.15) is 25.5 Å². The van der Waals surface area contributed by atoms with E-state index < -0.39 is 0 Å². The number of rotatable bonds is 2. The van der Waals surface area contributed by atoms with Crippen LogP contribution in [0.2, 0.25) is 0 Å². The van der Waals surface area contributed by atoms with Crippen LogP contribution in [0, 0.1) is 0 Å². The van der Waals surface area contributed by atoms with Gasteiger partial charge in [0.25, 0.3) is 5.56 Å². The lowest BCUT2D eigenvalue weighted by Gasteiger charge is -2.09. The summed E-state index contributed by atoms with van der Waals surface area (Å²) in [5.41, 5.74) is 1.64. The normalized spacial score (nSPS) is 11.4. The summed E-state index contributed by atoms with van der Waals surface area (Å²) in [6.07, 6.45) is 0. The minimum Gasteiger partial charge on any atom is -0.305 e. The number of benzene rings is 1. The van der Waals surface area contributed by atoms with Crippen molar-refractivity contribution in [2.24, 2.45) is 0 Å². The Kier molecular flexibility index (Phi) is 3.48. The van der Waals surface area contributed by atoms with Gasteiger partial charge >= 0.3 is 0 Å². The predicted molar refractivity (Wildman–Crippen MR) is 87.5 cm³/mol. The minimum absolute atomic E-state index is 0.131. The SMILES string of the molecule is CC(C)c1nc(-c2csc3ccccc23)[nH]c(=O)c1Br. The van der Waals surface area contributed by atoms with Crippen molar-refractivity contribution in [1.29, 1.82) is 0 Å². The Morgan fingerprint density at radius 2 is 2.05 bits per heavy atom. The van der Waals surface area contributed by atoms with Gasteiger partial charge < -0.3 is 4.98 Å². The smallest absolute Gasteiger partial charge is 0.265 e. The minimum atomic E-state index is -0.131. The summed E-state index contributed by atoms with van der Waals surface area (Å²) in [6.45, 7) is 4.06. The van der Waals surface area contributed by atoms with Gasteiger partial charge in [-0.1, -0.05) is 32.0 Å². The highest BCUT2D eigenvalue weighted by atomic mass is 79.9. The first-order valence-corrected chi connectivity index (χ1v) is 8.01. The van der Waals surface area contributed by atoms with Crippen molar-refractivity contribution in [2.75, 3.05) is 0 Å². The van der Waals surface area contributed by atoms with Gasteiger partial charge in [0.05, 0.1) is 5.69 Å². The topological polar surface area (TPSA) is 45.8 Å². The Morgan fingerprint density at radius 1 is 1.30 bits per heavy atom. The van der Waals surface area contributed by atoms with Crippen LogP contribution in [-0.2, 0) is 0 Å². The molecular formula is C15H13BrN2OS. The lowest BCUT2D eigenvalue weighted by molar-refractivity contribution is 0.804. The fraction of sp³-hybridized carbons (Fsp3) is 0.200. The molecule has 3 rings (SSSR count). The zero-order valence-corrected chi connectivity index (χ0v) is 13.5. The van der Waals surface area contributed by atoms with Crippen molar-refractivity contribution >= 4 is 37.4 Å². The van der Waals surface area contributed by atoms with Crippen molar-refractivity contribution in [3.05, 3.63) is 50.2 Å². The lowest BCUT2D eigenvalue weighted by Crippen LogP contribution is -2.14. The monoisotopic (exact) mass is 348 g/mol. The van der Waals surface area contributed by atoms with E-state index in [9.17, 15) is 4.79 Å². The Hall–Kier alpha value is -1.46. The fourth-order valence-corrected chi connectivity index (χ4v) is 3.74. The van der Waals surface area contributed by atoms with Gasteiger partial charge in [-0.15, -0.1) is 11.3 Å². The molecule has 2 heterocycles. The zero-order chi connectivity index (χ0) is 14.3. The molecule has 102 valence electrons. The van der Waals surface area contributed by atoms with E-state index in [0.29, 0.717) is 10.3 Å². The lowest BCUT2D eigenvalue weighted by atomic mass is 10.1. The number of H-pyrrole nitrogens is 1. The molecule has 20 heavy (non-hydrogen) atoms. The molecular weight excluding hydrogens is 336 g/mol. The molecule has 5 heteroatoms. The molecule has 2 aromatic heterocycles. The Balaban J connectivity index is 2.27. The Labute approximate surface area is 128 Å². The van der Waals surface area contributed by atoms with Crippen LogP contribution in [0.3, 0.4) is 0 Å². The summed E-state index contributed by atoms with van der Waals surface area (Å²) in [7, 11) is 0. The molecule has 0 fully saturated rings. The fourth-order valence-electron chi connectivity index (χ4n) is 2.15. The van der Waals surface area contributed by atoms with Crippen molar-refractivity contribution in [3.8, 4) is 11.4 Å². The van der Waals surface area contributed by atoms with E-state index >= 15 is 0 Å². The van der Waals surface area contributed by atoms with Crippen LogP contribution in [0.5, 0.6) is 0 Å². The van der Waals surface area contributed by atoms with Crippen LogP contribution >= 0.6 is 27.3 Å². The molecule has 3 nitrogen and oxygen atoms in total. The van der Waals surface area contributed by atoms with E-state index in [2.05, 4.69) is 38.0 Å². The molecule has 0 aliphatic rings. The van der Waals surface area contributed by atoms with Gasteiger partial charge in [-0.25, -0.2) is 4.98 Å². The van der Waals surface area contributed by atoms with Crippen LogP contribution in [-0.4, -0.2) is 9.97 Å². The average Bonchev–Trinajstić information content (AvgIpc) is 2.85. The van der Waals surface area contributed by atoms with Crippen molar-refractivity contribution < 1.29 is 0 Å². The maximum atomic E-state index is 12.1. The van der Waals surface area contributed by atoms with Gasteiger partial charge in [0.2, 0.25) is 0 Å². The highest BCUT2D eigenvalue weighted by molar-refractivity contribution is 9.10. The number of nitrogens with zero attached hydrogens (tertiary/aromatic N) is 1. The summed E-state index contributed by atoms with van der Waals surface area (Å²) < 4.78 is 1.72. The molecule has 0 unspecified atom stereocenters. The maximum absolute atomic E-state index is 12.1. The molecule has 0 bridgehead atoms. The average molecular weight is 349 g/mol. The van der Waals surface area contributed by atoms with Gasteiger partial charge in [0.1, 0.15) is 10.3 Å². The number of nitrogens with one attached hydrogen (secondary N) is 1. The van der Waals surface area contributed by atoms with E-state index in [1.165, 1.54) is 4.70 Å². The first-order valence-electron chi connectivity index (χ1n) is 6.34. The molecule has 0 saturated carbocycles. The molecule has 1 N–H and O–H groups in total. The van der Waals surface area contributed by atoms with Gasteiger partial charge in [0, 0.05) is 21.0 Å². The van der Waals surface area contributed by atoms with Crippen LogP contribution < -0.4 is 5.56 Å². The number of hydrogen-bond acceptors (Lipinski definition) is 3. The third-order valence-electron chi connectivity index (χ3n) is 3.17. The maximum Gasteiger partial charge on any atom is 0.265 e. The molecule has 0 amide bonds. The number of aromatic nitrogens is 2. The van der Waals surface area contributed by atoms with Gasteiger partial charge in [-0.05, 0) is 27.9 Å². The highest BCUT2D eigenvalue weighted by Crippen LogP contribution is 2.32. The van der Waals surface area contributed by atoms with Gasteiger partial charge in [-0.2, -0.15) is 0 Å². The van der Waals surface area contributed by atoms with Crippen molar-refractivity contribution in [3.63, 3.8) is 0 Å². The van der Waals surface area contributed by atoms with E-state index in [1.807, 2.05) is 31.4 Å². The summed E-state index contributed by atoms with van der Waals surface area (Å²) >= 11 is 4.98.